The van der Waals surface area contributed by atoms with E-state index in [-0.39, 0.29) is 0 Å². The molecular formula is C22H19N2+. The van der Waals surface area contributed by atoms with Crippen LogP contribution in [0.4, 0.5) is 0 Å². The van der Waals surface area contributed by atoms with E-state index in [1.165, 1.54) is 33.3 Å². The molecular weight excluding hydrogens is 292 g/mol. The van der Waals surface area contributed by atoms with Crippen molar-refractivity contribution in [3.8, 4) is 22.4 Å². The summed E-state index contributed by atoms with van der Waals surface area (Å²) in [6.45, 7) is 2.17. The first-order valence-corrected chi connectivity index (χ1v) is 8.14. The van der Waals surface area contributed by atoms with E-state index in [2.05, 4.69) is 90.4 Å². The lowest BCUT2D eigenvalue weighted by molar-refractivity contribution is -0.660. The van der Waals surface area contributed by atoms with Crippen molar-refractivity contribution >= 4 is 10.9 Å². The molecule has 0 N–H and O–H groups in total. The molecule has 2 heterocycles. The van der Waals surface area contributed by atoms with Crippen molar-refractivity contribution in [1.82, 2.24) is 4.98 Å². The van der Waals surface area contributed by atoms with E-state index < -0.39 is 0 Å². The molecule has 4 rings (SSSR count). The van der Waals surface area contributed by atoms with Crippen molar-refractivity contribution in [3.05, 3.63) is 84.7 Å². The van der Waals surface area contributed by atoms with Gasteiger partial charge >= 0.3 is 0 Å². The van der Waals surface area contributed by atoms with Gasteiger partial charge < -0.3 is 0 Å². The molecule has 0 fully saturated rings. The molecule has 0 aliphatic rings. The van der Waals surface area contributed by atoms with Gasteiger partial charge in [0.1, 0.15) is 7.05 Å². The smallest absolute Gasteiger partial charge is 0.212 e. The van der Waals surface area contributed by atoms with Gasteiger partial charge in [0.2, 0.25) is 5.69 Å². The van der Waals surface area contributed by atoms with Crippen LogP contribution in [0.2, 0.25) is 0 Å². The minimum atomic E-state index is 1.05. The van der Waals surface area contributed by atoms with E-state index in [4.69, 9.17) is 0 Å². The summed E-state index contributed by atoms with van der Waals surface area (Å²) in [4.78, 5) is 4.58. The van der Waals surface area contributed by atoms with Crippen LogP contribution in [-0.4, -0.2) is 4.98 Å². The topological polar surface area (TPSA) is 16.8 Å². The normalized spacial score (nSPS) is 10.9. The maximum absolute atomic E-state index is 4.58. The first kappa shape index (κ1) is 14.6. The molecule has 0 amide bonds. The largest absolute Gasteiger partial charge is 0.256 e. The van der Waals surface area contributed by atoms with Gasteiger partial charge in [-0.05, 0) is 36.2 Å². The zero-order valence-corrected chi connectivity index (χ0v) is 13.9. The highest BCUT2D eigenvalue weighted by atomic mass is 14.9. The van der Waals surface area contributed by atoms with Gasteiger partial charge in [0, 0.05) is 34.8 Å². The summed E-state index contributed by atoms with van der Waals surface area (Å²) in [7, 11) is 2.08. The van der Waals surface area contributed by atoms with Crippen molar-refractivity contribution in [2.45, 2.75) is 6.92 Å². The Morgan fingerprint density at radius 2 is 1.71 bits per heavy atom. The Labute approximate surface area is 142 Å². The Hall–Kier alpha value is -3.00. The lowest BCUT2D eigenvalue weighted by atomic mass is 9.96. The van der Waals surface area contributed by atoms with Crippen LogP contribution < -0.4 is 4.57 Å². The number of hydrogen-bond acceptors (Lipinski definition) is 1. The third-order valence-corrected chi connectivity index (χ3v) is 4.50. The Morgan fingerprint density at radius 1 is 0.833 bits per heavy atom. The summed E-state index contributed by atoms with van der Waals surface area (Å²) in [5.41, 5.74) is 7.19. The summed E-state index contributed by atoms with van der Waals surface area (Å²) >= 11 is 0. The molecule has 116 valence electrons. The summed E-state index contributed by atoms with van der Waals surface area (Å²) < 4.78 is 2.15. The molecule has 0 saturated heterocycles. The van der Waals surface area contributed by atoms with E-state index in [1.54, 1.807) is 0 Å². The number of hydrogen-bond donors (Lipinski definition) is 0. The molecule has 0 bridgehead atoms. The van der Waals surface area contributed by atoms with Crippen LogP contribution in [0, 0.1) is 6.92 Å². The highest BCUT2D eigenvalue weighted by Gasteiger charge is 2.13. The molecule has 2 aromatic heterocycles. The summed E-state index contributed by atoms with van der Waals surface area (Å²) in [6.07, 6.45) is 3.94. The second-order valence-corrected chi connectivity index (χ2v) is 6.11. The second-order valence-electron chi connectivity index (χ2n) is 6.11. The van der Waals surface area contributed by atoms with Gasteiger partial charge in [-0.1, -0.05) is 36.4 Å². The molecule has 0 aliphatic carbocycles. The van der Waals surface area contributed by atoms with Gasteiger partial charge in [0.05, 0.1) is 5.52 Å². The Bertz CT molecular complexity index is 1030. The van der Waals surface area contributed by atoms with Gasteiger partial charge in [-0.25, -0.2) is 4.57 Å². The van der Waals surface area contributed by atoms with Crippen LogP contribution in [0.25, 0.3) is 33.3 Å². The van der Waals surface area contributed by atoms with Crippen LogP contribution in [0.15, 0.2) is 79.1 Å². The van der Waals surface area contributed by atoms with Crippen molar-refractivity contribution in [2.75, 3.05) is 0 Å². The fourth-order valence-corrected chi connectivity index (χ4v) is 3.26. The number of rotatable bonds is 2. The highest BCUT2D eigenvalue weighted by molar-refractivity contribution is 5.93. The molecule has 0 aliphatic heterocycles. The number of pyridine rings is 2. The van der Waals surface area contributed by atoms with Gasteiger partial charge in [-0.2, -0.15) is 0 Å². The molecule has 2 aromatic carbocycles. The minimum Gasteiger partial charge on any atom is -0.256 e. The third kappa shape index (κ3) is 2.46. The van der Waals surface area contributed by atoms with E-state index in [0.717, 1.165) is 5.52 Å². The van der Waals surface area contributed by atoms with Crippen LogP contribution >= 0.6 is 0 Å². The minimum absolute atomic E-state index is 1.05. The average Bonchev–Trinajstić information content (AvgIpc) is 2.62. The molecule has 0 saturated carbocycles. The van der Waals surface area contributed by atoms with Crippen LogP contribution in [-0.2, 0) is 7.05 Å². The molecule has 0 unspecified atom stereocenters. The van der Waals surface area contributed by atoms with Crippen molar-refractivity contribution in [1.29, 1.82) is 0 Å². The predicted octanol–water partition coefficient (Wildman–Crippen LogP) is 4.70. The van der Waals surface area contributed by atoms with E-state index in [1.807, 2.05) is 12.3 Å². The first-order chi connectivity index (χ1) is 11.7. The summed E-state index contributed by atoms with van der Waals surface area (Å²) in [5.74, 6) is 0. The number of aryl methyl sites for hydroxylation is 2. The standard InChI is InChI=1S/C22H19N2/c1-16-15-18(11-12-19(16)21-10-3-4-14-24(21)2)20-9-5-7-17-8-6-13-23-22(17)20/h3-15H,1-2H3/q+1. The number of aromatic nitrogens is 2. The lowest BCUT2D eigenvalue weighted by Crippen LogP contribution is -2.30. The molecule has 2 nitrogen and oxygen atoms in total. The summed E-state index contributed by atoms with van der Waals surface area (Å²) in [6, 6.07) is 23.4. The van der Waals surface area contributed by atoms with E-state index in [0.29, 0.717) is 0 Å². The zero-order valence-electron chi connectivity index (χ0n) is 13.9. The highest BCUT2D eigenvalue weighted by Crippen LogP contribution is 2.30. The Balaban J connectivity index is 1.87. The molecule has 0 radical (unpaired) electrons. The number of fused-ring (bicyclic) bond motifs is 1. The fourth-order valence-electron chi connectivity index (χ4n) is 3.26. The number of nitrogens with zero attached hydrogens (tertiary/aromatic N) is 2. The number of benzene rings is 2. The Kier molecular flexibility index (Phi) is 3.58. The first-order valence-electron chi connectivity index (χ1n) is 8.14. The summed E-state index contributed by atoms with van der Waals surface area (Å²) in [5, 5.41) is 1.17. The van der Waals surface area contributed by atoms with Crippen LogP contribution in [0.3, 0.4) is 0 Å². The fraction of sp³-hybridized carbons (Fsp3) is 0.0909. The van der Waals surface area contributed by atoms with Gasteiger partial charge in [-0.15, -0.1) is 0 Å². The van der Waals surface area contributed by atoms with Crippen LogP contribution in [0.5, 0.6) is 0 Å². The second kappa shape index (κ2) is 5.89. The van der Waals surface area contributed by atoms with Gasteiger partial charge in [0.25, 0.3) is 0 Å². The van der Waals surface area contributed by atoms with E-state index >= 15 is 0 Å². The lowest BCUT2D eigenvalue weighted by Gasteiger charge is -2.09. The third-order valence-electron chi connectivity index (χ3n) is 4.50. The SMILES string of the molecule is Cc1cc(-c2cccc3cccnc23)ccc1-c1cccc[n+]1C. The van der Waals surface area contributed by atoms with Crippen molar-refractivity contribution < 1.29 is 4.57 Å². The van der Waals surface area contributed by atoms with E-state index in [9.17, 15) is 0 Å². The Morgan fingerprint density at radius 3 is 2.54 bits per heavy atom. The van der Waals surface area contributed by atoms with Crippen LogP contribution in [0.1, 0.15) is 5.56 Å². The molecule has 2 heteroatoms. The quantitative estimate of drug-likeness (QED) is 0.490. The molecule has 0 spiro atoms. The monoisotopic (exact) mass is 311 g/mol. The maximum Gasteiger partial charge on any atom is 0.212 e. The predicted molar refractivity (Wildman–Crippen MR) is 98.5 cm³/mol. The van der Waals surface area contributed by atoms with Gasteiger partial charge in [-0.3, -0.25) is 4.98 Å². The van der Waals surface area contributed by atoms with Gasteiger partial charge in [0.15, 0.2) is 6.20 Å². The molecule has 24 heavy (non-hydrogen) atoms. The number of para-hydroxylation sites is 1. The zero-order chi connectivity index (χ0) is 16.5. The van der Waals surface area contributed by atoms with Crippen molar-refractivity contribution in [2.24, 2.45) is 7.05 Å². The molecule has 0 atom stereocenters. The van der Waals surface area contributed by atoms with Crippen molar-refractivity contribution in [3.63, 3.8) is 0 Å². The maximum atomic E-state index is 4.58. The average molecular weight is 311 g/mol. The molecule has 4 aromatic rings.